The molecule has 9 aromatic rings. The third-order valence-electron chi connectivity index (χ3n) is 19.7. The maximum absolute atomic E-state index is 4.93. The van der Waals surface area contributed by atoms with Crippen molar-refractivity contribution in [1.29, 1.82) is 0 Å². The van der Waals surface area contributed by atoms with Crippen LogP contribution in [-0.4, -0.2) is 0 Å². The van der Waals surface area contributed by atoms with Gasteiger partial charge >= 0.3 is 114 Å². The summed E-state index contributed by atoms with van der Waals surface area (Å²) in [5.74, 6) is 2.20. The Morgan fingerprint density at radius 3 is 1.26 bits per heavy atom. The molecule has 1 atom stereocenters. The summed E-state index contributed by atoms with van der Waals surface area (Å²) in [5, 5.41) is 8.15. The summed E-state index contributed by atoms with van der Waals surface area (Å²) in [5.41, 5.74) is 17.1. The van der Waals surface area contributed by atoms with E-state index in [0.29, 0.717) is 34.5 Å². The quantitative estimate of drug-likeness (QED) is 0.0998. The molecule has 6 aliphatic carbocycles. The molecule has 0 bridgehead atoms. The summed E-state index contributed by atoms with van der Waals surface area (Å²) in [7, 11) is 29.6. The zero-order valence-electron chi connectivity index (χ0n) is 53.2. The molecule has 0 heterocycles. The van der Waals surface area contributed by atoms with Gasteiger partial charge in [-0.3, -0.25) is 0 Å². The summed E-state index contributed by atoms with van der Waals surface area (Å²) < 4.78 is 0. The third-order valence-corrected chi connectivity index (χ3v) is 19.7. The van der Waals surface area contributed by atoms with Crippen molar-refractivity contribution in [2.24, 2.45) is 22.7 Å². The van der Waals surface area contributed by atoms with Gasteiger partial charge in [0.1, 0.15) is 0 Å². The molecule has 0 aliphatic heterocycles. The first-order valence-corrected chi connectivity index (χ1v) is 49.5. The fraction of sp³-hybridized carbons (Fsp3) is 0.259. The van der Waals surface area contributed by atoms with E-state index >= 15 is 0 Å². The summed E-state index contributed by atoms with van der Waals surface area (Å²) in [6.45, 7) is 8.63. The van der Waals surface area contributed by atoms with Crippen molar-refractivity contribution in [1.82, 2.24) is 0 Å². The predicted octanol–water partition coefficient (Wildman–Crippen LogP) is 27.2. The average molecular weight is 1550 g/mol. The van der Waals surface area contributed by atoms with Crippen molar-refractivity contribution < 1.29 is 62.5 Å². The van der Waals surface area contributed by atoms with Gasteiger partial charge in [0, 0.05) is 23.7 Å². The molecule has 0 saturated heterocycles. The predicted molar refractivity (Wildman–Crippen MR) is 390 cm³/mol. The van der Waals surface area contributed by atoms with Crippen LogP contribution in [0.3, 0.4) is 0 Å². The number of fused-ring (bicyclic) bond motifs is 10. The molecule has 6 aliphatic rings. The van der Waals surface area contributed by atoms with Crippen molar-refractivity contribution in [2.75, 3.05) is 0 Å². The summed E-state index contributed by atoms with van der Waals surface area (Å²) in [6, 6.07) is 67.5. The van der Waals surface area contributed by atoms with Crippen molar-refractivity contribution >= 4 is 83.4 Å². The zero-order chi connectivity index (χ0) is 60.1. The summed E-state index contributed by atoms with van der Waals surface area (Å²) >= 11 is -2.48. The third kappa shape index (κ3) is 15.8. The first kappa shape index (κ1) is 76.1. The van der Waals surface area contributed by atoms with Crippen LogP contribution < -0.4 is 0 Å². The molecule has 9 heteroatoms. The maximum atomic E-state index is 4.93. The van der Waals surface area contributed by atoms with E-state index < -0.39 is 62.5 Å². The SMILES string of the molecule is C1=CC(C2(C3c4ccccc4-c4ccccc43)CCCCC2)C=C1.C=CCCC1=CC(C2(C3c4ccccc4-c4ccccc43)CCCCC2)C=C1.CC(C)([c-]1ccc2ccccc21)[c-]1c2ccccc2c2ccccc21.[CH3-].[CH3-].[CH3-].[CH3-].[Cl][Zr+2][Cl].[Cl][Zr+2][Cl].[Cl][Zr+2][Cl]. The standard InChI is InChI=1S/C28H30.C25H20.C24H24.4CH3.6ClH.3Zr/c1-2-3-11-21-16-17-22(20-21)28(18-9-4-10-19-28)27-25-14-7-5-12-23(25)24-13-6-8-15-26(24)27;1-25(2,23-16-15-17-9-3-4-10-18(17)23)24-21-13-7-5-11-19(21)20-12-6-8-14-22(20)24;1-8-16-24(17-9-1,18-10-2-3-11-18)23-21-14-6-4-12-19(21)20-13-5-7-15-22(20)23;;;;;;;;;;;;;/h2,5-8,12-17,20,22,27H,1,3-4,9-11,18-19H2;3-16H,1-2H3;2-7,10-15,18,23H,1,8-9,16-17H2;4*1H3;6*1H;;;/q;-2;;4*-1;;;;;;;3*+4/p-6. The molecule has 9 aromatic carbocycles. The van der Waals surface area contributed by atoms with Crippen LogP contribution in [0.5, 0.6) is 0 Å². The fourth-order valence-electron chi connectivity index (χ4n) is 16.3. The van der Waals surface area contributed by atoms with Crippen molar-refractivity contribution in [3.8, 4) is 22.3 Å². The van der Waals surface area contributed by atoms with E-state index in [-0.39, 0.29) is 35.1 Å². The van der Waals surface area contributed by atoms with E-state index in [1.165, 1.54) is 135 Å². The number of halogens is 6. The number of benzene rings is 7. The van der Waals surface area contributed by atoms with Crippen LogP contribution in [-0.2, 0) is 68.0 Å². The topological polar surface area (TPSA) is 0 Å². The number of hydrogen-bond donors (Lipinski definition) is 0. The number of allylic oxidation sites excluding steroid dienone is 9. The molecule has 2 fully saturated rings. The Morgan fingerprint density at radius 2 is 0.833 bits per heavy atom. The molecule has 15 rings (SSSR count). The van der Waals surface area contributed by atoms with E-state index in [0.717, 1.165) is 12.8 Å². The second-order valence-electron chi connectivity index (χ2n) is 24.2. The minimum atomic E-state index is -0.826. The van der Waals surface area contributed by atoms with E-state index in [9.17, 15) is 0 Å². The van der Waals surface area contributed by atoms with Crippen LogP contribution in [0, 0.1) is 52.4 Å². The second-order valence-corrected chi connectivity index (χ2v) is 35.4. The van der Waals surface area contributed by atoms with Gasteiger partial charge in [-0.2, -0.15) is 6.07 Å². The van der Waals surface area contributed by atoms with Crippen LogP contribution in [0.1, 0.15) is 136 Å². The Balaban J connectivity index is 0.000000198. The van der Waals surface area contributed by atoms with Gasteiger partial charge in [-0.1, -0.05) is 246 Å². The van der Waals surface area contributed by atoms with Gasteiger partial charge < -0.3 is 29.7 Å². The van der Waals surface area contributed by atoms with Gasteiger partial charge in [-0.25, -0.2) is 0 Å². The normalized spacial score (nSPS) is 16.6. The first-order chi connectivity index (χ1) is 42.2. The molecule has 0 spiro atoms. The molecule has 0 aromatic heterocycles. The molecule has 464 valence electrons. The van der Waals surface area contributed by atoms with Gasteiger partial charge in [0.05, 0.1) is 0 Å². The van der Waals surface area contributed by atoms with Crippen LogP contribution in [0.15, 0.2) is 243 Å². The Morgan fingerprint density at radius 1 is 0.467 bits per heavy atom. The van der Waals surface area contributed by atoms with Gasteiger partial charge in [-0.05, 0) is 99.3 Å². The van der Waals surface area contributed by atoms with Gasteiger partial charge in [0.25, 0.3) is 0 Å². The number of rotatable bonds is 9. The Bertz CT molecular complexity index is 3690. The summed E-state index contributed by atoms with van der Waals surface area (Å²) in [6.07, 6.45) is 34.8. The number of hydrogen-bond acceptors (Lipinski definition) is 0. The molecule has 2 saturated carbocycles. The Hall–Kier alpha value is -2.89. The molecular weight excluding hydrogens is 1460 g/mol. The average Bonchev–Trinajstić information content (AvgIpc) is 1.56. The van der Waals surface area contributed by atoms with E-state index in [1.807, 2.05) is 6.08 Å². The first-order valence-electron chi connectivity index (χ1n) is 30.5. The van der Waals surface area contributed by atoms with E-state index in [1.54, 1.807) is 22.3 Å². The minimum absolute atomic E-state index is 0. The van der Waals surface area contributed by atoms with Crippen LogP contribution >= 0.6 is 51.1 Å². The molecule has 0 amide bonds. The molecule has 90 heavy (non-hydrogen) atoms. The van der Waals surface area contributed by atoms with Crippen molar-refractivity contribution in [3.05, 3.63) is 306 Å². The molecule has 0 radical (unpaired) electrons. The van der Waals surface area contributed by atoms with E-state index in [2.05, 4.69) is 245 Å². The molecular formula is C81H86Cl6Zr3. The van der Waals surface area contributed by atoms with Gasteiger partial charge in [0.2, 0.25) is 0 Å². The molecule has 0 nitrogen and oxygen atoms in total. The van der Waals surface area contributed by atoms with Crippen LogP contribution in [0.25, 0.3) is 54.6 Å². The van der Waals surface area contributed by atoms with Gasteiger partial charge in [-0.15, -0.1) is 86.4 Å². The Labute approximate surface area is 597 Å². The molecule has 1 unspecified atom stereocenters. The second kappa shape index (κ2) is 36.3. The van der Waals surface area contributed by atoms with Crippen LogP contribution in [0.4, 0.5) is 0 Å². The summed E-state index contributed by atoms with van der Waals surface area (Å²) in [4.78, 5) is 0. The van der Waals surface area contributed by atoms with Crippen LogP contribution in [0.2, 0.25) is 0 Å². The monoisotopic (exact) mass is 1540 g/mol. The van der Waals surface area contributed by atoms with Gasteiger partial charge in [0.15, 0.2) is 0 Å². The molecule has 0 N–H and O–H groups in total. The Kier molecular flexibility index (Phi) is 30.7. The van der Waals surface area contributed by atoms with E-state index in [4.69, 9.17) is 51.1 Å². The van der Waals surface area contributed by atoms with Crippen molar-refractivity contribution in [2.45, 2.75) is 108 Å². The van der Waals surface area contributed by atoms with Crippen molar-refractivity contribution in [3.63, 3.8) is 0 Å². The fourth-order valence-corrected chi connectivity index (χ4v) is 16.3. The zero-order valence-corrected chi connectivity index (χ0v) is 65.1.